The van der Waals surface area contributed by atoms with Gasteiger partial charge in [0.15, 0.2) is 6.61 Å². The van der Waals surface area contributed by atoms with Crippen LogP contribution in [-0.4, -0.2) is 30.1 Å². The van der Waals surface area contributed by atoms with E-state index in [-0.39, 0.29) is 18.6 Å². The van der Waals surface area contributed by atoms with Crippen molar-refractivity contribution in [3.8, 4) is 5.75 Å². The van der Waals surface area contributed by atoms with Crippen molar-refractivity contribution in [3.05, 3.63) is 24.3 Å². The van der Waals surface area contributed by atoms with E-state index >= 15 is 0 Å². The highest BCUT2D eigenvalue weighted by atomic mass is 32.2. The van der Waals surface area contributed by atoms with Crippen molar-refractivity contribution in [1.82, 2.24) is 5.32 Å². The van der Waals surface area contributed by atoms with Crippen molar-refractivity contribution >= 4 is 23.4 Å². The van der Waals surface area contributed by atoms with Gasteiger partial charge in [0.25, 0.3) is 5.91 Å². The number of thioether (sulfide) groups is 1. The topological polar surface area (TPSA) is 64.3 Å². The summed E-state index contributed by atoms with van der Waals surface area (Å²) in [5, 5.41) is 3.62. The molecule has 2 rings (SSSR count). The fraction of sp³-hybridized carbons (Fsp3) is 0.533. The molecule has 0 radical (unpaired) electrons. The third-order valence-corrected chi connectivity index (χ3v) is 4.77. The SMILES string of the molecule is CSC1CCCCC1NC(=O)COc1ccc(N)cc1. The maximum absolute atomic E-state index is 11.9. The summed E-state index contributed by atoms with van der Waals surface area (Å²) < 4.78 is 5.46. The third kappa shape index (κ3) is 4.34. The molecule has 0 heterocycles. The summed E-state index contributed by atoms with van der Waals surface area (Å²) in [5.74, 6) is 0.618. The number of hydrogen-bond acceptors (Lipinski definition) is 4. The fourth-order valence-corrected chi connectivity index (χ4v) is 3.44. The van der Waals surface area contributed by atoms with Crippen molar-refractivity contribution in [1.29, 1.82) is 0 Å². The largest absolute Gasteiger partial charge is 0.484 e. The number of rotatable bonds is 5. The second-order valence-electron chi connectivity index (χ2n) is 5.09. The van der Waals surface area contributed by atoms with Gasteiger partial charge in [-0.3, -0.25) is 4.79 Å². The molecule has 1 amide bonds. The van der Waals surface area contributed by atoms with Crippen LogP contribution in [0, 0.1) is 0 Å². The van der Waals surface area contributed by atoms with Crippen molar-refractivity contribution in [2.45, 2.75) is 37.0 Å². The molecule has 1 aromatic carbocycles. The number of nitrogens with two attached hydrogens (primary N) is 1. The van der Waals surface area contributed by atoms with E-state index in [2.05, 4.69) is 11.6 Å². The second-order valence-corrected chi connectivity index (χ2v) is 6.17. The number of nitrogen functional groups attached to an aromatic ring is 1. The van der Waals surface area contributed by atoms with Crippen LogP contribution in [-0.2, 0) is 4.79 Å². The Labute approximate surface area is 124 Å². The first-order valence-electron chi connectivity index (χ1n) is 6.99. The van der Waals surface area contributed by atoms with Crippen LogP contribution in [0.4, 0.5) is 5.69 Å². The molecule has 0 aromatic heterocycles. The Morgan fingerprint density at radius 3 is 2.75 bits per heavy atom. The van der Waals surface area contributed by atoms with Crippen LogP contribution >= 0.6 is 11.8 Å². The molecule has 2 unspecified atom stereocenters. The Hall–Kier alpha value is -1.36. The van der Waals surface area contributed by atoms with Gasteiger partial charge in [-0.2, -0.15) is 11.8 Å². The molecule has 20 heavy (non-hydrogen) atoms. The molecule has 1 saturated carbocycles. The molecular weight excluding hydrogens is 272 g/mol. The normalized spacial score (nSPS) is 22.2. The molecule has 0 saturated heterocycles. The van der Waals surface area contributed by atoms with Crippen LogP contribution < -0.4 is 15.8 Å². The molecule has 1 aliphatic carbocycles. The van der Waals surface area contributed by atoms with Crippen molar-refractivity contribution in [3.63, 3.8) is 0 Å². The average molecular weight is 294 g/mol. The zero-order chi connectivity index (χ0) is 14.4. The quantitative estimate of drug-likeness (QED) is 0.819. The highest BCUT2D eigenvalue weighted by Gasteiger charge is 2.25. The molecule has 1 aliphatic rings. The lowest BCUT2D eigenvalue weighted by molar-refractivity contribution is -0.123. The molecule has 0 aliphatic heterocycles. The Morgan fingerprint density at radius 2 is 2.05 bits per heavy atom. The van der Waals surface area contributed by atoms with Gasteiger partial charge in [-0.05, 0) is 43.4 Å². The van der Waals surface area contributed by atoms with E-state index in [1.165, 1.54) is 19.3 Å². The Balaban J connectivity index is 1.78. The van der Waals surface area contributed by atoms with E-state index < -0.39 is 0 Å². The van der Waals surface area contributed by atoms with E-state index in [9.17, 15) is 4.79 Å². The number of amides is 1. The van der Waals surface area contributed by atoms with Gasteiger partial charge in [0.05, 0.1) is 0 Å². The molecule has 5 heteroatoms. The van der Waals surface area contributed by atoms with E-state index in [1.54, 1.807) is 24.3 Å². The first-order valence-corrected chi connectivity index (χ1v) is 8.28. The van der Waals surface area contributed by atoms with Gasteiger partial charge < -0.3 is 15.8 Å². The highest BCUT2D eigenvalue weighted by Crippen LogP contribution is 2.27. The molecule has 4 nitrogen and oxygen atoms in total. The summed E-state index contributed by atoms with van der Waals surface area (Å²) in [5.41, 5.74) is 6.29. The van der Waals surface area contributed by atoms with Crippen molar-refractivity contribution < 1.29 is 9.53 Å². The van der Waals surface area contributed by atoms with Crippen LogP contribution in [0.5, 0.6) is 5.75 Å². The van der Waals surface area contributed by atoms with E-state index in [0.29, 0.717) is 16.7 Å². The summed E-state index contributed by atoms with van der Waals surface area (Å²) in [6.07, 6.45) is 6.82. The molecule has 0 bridgehead atoms. The summed E-state index contributed by atoms with van der Waals surface area (Å²) in [6.45, 7) is 0.0571. The van der Waals surface area contributed by atoms with Gasteiger partial charge in [0.1, 0.15) is 5.75 Å². The predicted octanol–water partition coefficient (Wildman–Crippen LogP) is 2.44. The molecule has 1 aromatic rings. The Bertz CT molecular complexity index is 436. The summed E-state index contributed by atoms with van der Waals surface area (Å²) >= 11 is 1.84. The molecule has 1 fully saturated rings. The minimum Gasteiger partial charge on any atom is -0.484 e. The van der Waals surface area contributed by atoms with Crippen LogP contribution in [0.25, 0.3) is 0 Å². The zero-order valence-electron chi connectivity index (χ0n) is 11.8. The van der Waals surface area contributed by atoms with Gasteiger partial charge in [0, 0.05) is 17.0 Å². The smallest absolute Gasteiger partial charge is 0.258 e. The van der Waals surface area contributed by atoms with E-state index in [0.717, 1.165) is 6.42 Å². The molecule has 3 N–H and O–H groups in total. The Kier molecular flexibility index (Phi) is 5.59. The number of benzene rings is 1. The van der Waals surface area contributed by atoms with Gasteiger partial charge in [0.2, 0.25) is 0 Å². The van der Waals surface area contributed by atoms with Gasteiger partial charge >= 0.3 is 0 Å². The summed E-state index contributed by atoms with van der Waals surface area (Å²) in [6, 6.07) is 7.35. The molecular formula is C15H22N2O2S. The maximum Gasteiger partial charge on any atom is 0.258 e. The first-order chi connectivity index (χ1) is 9.69. The first kappa shape index (κ1) is 15.0. The number of hydrogen-bond donors (Lipinski definition) is 2. The van der Waals surface area contributed by atoms with Crippen molar-refractivity contribution in [2.24, 2.45) is 0 Å². The van der Waals surface area contributed by atoms with Gasteiger partial charge in [-0.25, -0.2) is 0 Å². The van der Waals surface area contributed by atoms with E-state index in [4.69, 9.17) is 10.5 Å². The third-order valence-electron chi connectivity index (χ3n) is 3.60. The number of ether oxygens (including phenoxy) is 1. The fourth-order valence-electron chi connectivity index (χ4n) is 2.51. The minimum absolute atomic E-state index is 0.0484. The molecule has 0 spiro atoms. The second kappa shape index (κ2) is 7.43. The Morgan fingerprint density at radius 1 is 1.35 bits per heavy atom. The highest BCUT2D eigenvalue weighted by molar-refractivity contribution is 7.99. The maximum atomic E-state index is 11.9. The summed E-state index contributed by atoms with van der Waals surface area (Å²) in [4.78, 5) is 11.9. The van der Waals surface area contributed by atoms with Crippen LogP contribution in [0.2, 0.25) is 0 Å². The number of nitrogens with one attached hydrogen (secondary N) is 1. The lowest BCUT2D eigenvalue weighted by Gasteiger charge is -2.30. The van der Waals surface area contributed by atoms with E-state index in [1.807, 2.05) is 11.8 Å². The van der Waals surface area contributed by atoms with Crippen LogP contribution in [0.1, 0.15) is 25.7 Å². The minimum atomic E-state index is -0.0484. The number of anilines is 1. The predicted molar refractivity (Wildman–Crippen MR) is 84.1 cm³/mol. The van der Waals surface area contributed by atoms with Gasteiger partial charge in [-0.1, -0.05) is 12.8 Å². The average Bonchev–Trinajstić information content (AvgIpc) is 2.47. The lowest BCUT2D eigenvalue weighted by Crippen LogP contribution is -2.45. The van der Waals surface area contributed by atoms with Crippen molar-refractivity contribution in [2.75, 3.05) is 18.6 Å². The molecule has 110 valence electrons. The van der Waals surface area contributed by atoms with Crippen LogP contribution in [0.3, 0.4) is 0 Å². The molecule has 2 atom stereocenters. The standard InChI is InChI=1S/C15H22N2O2S/c1-20-14-5-3-2-4-13(14)17-15(18)10-19-12-8-6-11(16)7-9-12/h6-9,13-14H,2-5,10,16H2,1H3,(H,17,18). The van der Waals surface area contributed by atoms with Gasteiger partial charge in [-0.15, -0.1) is 0 Å². The lowest BCUT2D eigenvalue weighted by atomic mass is 9.95. The monoisotopic (exact) mass is 294 g/mol. The summed E-state index contributed by atoms with van der Waals surface area (Å²) in [7, 11) is 0. The zero-order valence-corrected chi connectivity index (χ0v) is 12.6. The number of carbonyl (C=O) groups excluding carboxylic acids is 1. The number of carbonyl (C=O) groups is 1. The van der Waals surface area contributed by atoms with Crippen LogP contribution in [0.15, 0.2) is 24.3 Å².